The normalized spacial score (nSPS) is 19.8. The number of ether oxygens (including phenoxy) is 5. The number of phosphoric acid groups is 1. The van der Waals surface area contributed by atoms with E-state index in [4.69, 9.17) is 37.3 Å². The molecule has 0 aromatic heterocycles. The highest BCUT2D eigenvalue weighted by Crippen LogP contribution is 2.54. The van der Waals surface area contributed by atoms with Crippen LogP contribution in [0.5, 0.6) is 0 Å². The van der Waals surface area contributed by atoms with Crippen molar-refractivity contribution in [1.82, 2.24) is 0 Å². The predicted octanol–water partition coefficient (Wildman–Crippen LogP) is 9.60. The quantitative estimate of drug-likeness (QED) is 0.0665. The van der Waals surface area contributed by atoms with E-state index in [1.54, 1.807) is 0 Å². The maximum Gasteiger partial charge on any atom is 0.477 e. The number of benzene rings is 6. The Hall–Kier alpha value is -4.81. The van der Waals surface area contributed by atoms with E-state index in [-0.39, 0.29) is 39.6 Å². The first-order valence-electron chi connectivity index (χ1n) is 20.1. The molecule has 60 heavy (non-hydrogen) atoms. The van der Waals surface area contributed by atoms with Crippen molar-refractivity contribution in [2.45, 2.75) is 76.5 Å². The first kappa shape index (κ1) is 43.3. The molecule has 1 aliphatic heterocycles. The Kier molecular flexibility index (Phi) is 16.4. The van der Waals surface area contributed by atoms with Gasteiger partial charge in [0.1, 0.15) is 30.5 Å². The van der Waals surface area contributed by atoms with E-state index < -0.39 is 51.2 Å². The largest absolute Gasteiger partial charge is 0.477 e. The minimum Gasteiger partial charge on any atom is -0.394 e. The van der Waals surface area contributed by atoms with Crippen molar-refractivity contribution in [2.24, 2.45) is 0 Å². The number of hydrogen-bond donors (Lipinski definition) is 1. The third kappa shape index (κ3) is 12.8. The highest BCUT2D eigenvalue weighted by Gasteiger charge is 2.54. The van der Waals surface area contributed by atoms with Crippen LogP contribution in [0.15, 0.2) is 182 Å². The lowest BCUT2D eigenvalue weighted by molar-refractivity contribution is -0.324. The van der Waals surface area contributed by atoms with Crippen molar-refractivity contribution in [1.29, 1.82) is 0 Å². The SMILES string of the molecule is O=P(OCc1ccccc1)(OCc1ccccc1)O[C@H]1O[C@H]([C@@H](CO)OCc2ccccc2)[C@@H](OCc2ccccc2)[C@H](OCc2ccccc2)[C@@H]1OCc1ccccc1. The molecule has 11 heteroatoms. The third-order valence-electron chi connectivity index (χ3n) is 9.94. The van der Waals surface area contributed by atoms with Gasteiger partial charge in [-0.05, 0) is 33.4 Å². The number of phosphoric ester groups is 1. The maximum absolute atomic E-state index is 15.0. The zero-order valence-electron chi connectivity index (χ0n) is 33.3. The summed E-state index contributed by atoms with van der Waals surface area (Å²) in [6.45, 7) is 0.0632. The molecule has 1 N–H and O–H groups in total. The molecule has 0 amide bonds. The summed E-state index contributed by atoms with van der Waals surface area (Å²) in [5.41, 5.74) is 5.12. The zero-order valence-corrected chi connectivity index (χ0v) is 34.2. The fourth-order valence-electron chi connectivity index (χ4n) is 6.79. The standard InChI is InChI=1S/C49H51O10P/c50-31-44(52-32-38-19-7-1-8-20-38)45-46(53-33-39-21-9-2-10-22-39)47(54-34-40-23-11-3-12-24-40)48(55-35-41-25-13-4-14-26-41)49(58-45)59-60(51,56-36-42-27-15-5-16-28-42)57-37-43-29-17-6-18-30-43/h1-30,44-50H,31-37H2/t44-,45-,46-,47+,48+,49-/m1/s1. The molecule has 1 fully saturated rings. The minimum absolute atomic E-state index is 0.0746. The fourth-order valence-corrected chi connectivity index (χ4v) is 8.02. The maximum atomic E-state index is 15.0. The Morgan fingerprint density at radius 3 is 1.17 bits per heavy atom. The molecule has 0 saturated carbocycles. The fraction of sp³-hybridized carbons (Fsp3) is 0.265. The summed E-state index contributed by atoms with van der Waals surface area (Å²) in [7, 11) is -4.47. The smallest absolute Gasteiger partial charge is 0.394 e. The molecule has 6 atom stereocenters. The van der Waals surface area contributed by atoms with Crippen molar-refractivity contribution in [3.05, 3.63) is 215 Å². The molecule has 7 rings (SSSR count). The summed E-state index contributed by atoms with van der Waals surface area (Å²) >= 11 is 0. The number of hydrogen-bond acceptors (Lipinski definition) is 10. The van der Waals surface area contributed by atoms with Crippen LogP contribution in [0, 0.1) is 0 Å². The molecule has 0 spiro atoms. The van der Waals surface area contributed by atoms with Crippen LogP contribution in [0.1, 0.15) is 33.4 Å². The van der Waals surface area contributed by atoms with Gasteiger partial charge in [0, 0.05) is 0 Å². The summed E-state index contributed by atoms with van der Waals surface area (Å²) in [6, 6.07) is 57.5. The second kappa shape index (κ2) is 22.7. The van der Waals surface area contributed by atoms with Crippen LogP contribution in [0.2, 0.25) is 0 Å². The lowest BCUT2D eigenvalue weighted by Gasteiger charge is -2.47. The van der Waals surface area contributed by atoms with Gasteiger partial charge in [-0.25, -0.2) is 4.57 Å². The van der Waals surface area contributed by atoms with E-state index >= 15 is 4.57 Å². The van der Waals surface area contributed by atoms with Gasteiger partial charge >= 0.3 is 7.82 Å². The molecule has 10 nitrogen and oxygen atoms in total. The van der Waals surface area contributed by atoms with Crippen molar-refractivity contribution < 1.29 is 46.9 Å². The van der Waals surface area contributed by atoms with Crippen LogP contribution >= 0.6 is 7.82 Å². The summed E-state index contributed by atoms with van der Waals surface area (Å²) in [5, 5.41) is 11.0. The zero-order chi connectivity index (χ0) is 41.2. The Morgan fingerprint density at radius 2 is 0.783 bits per heavy atom. The summed E-state index contributed by atoms with van der Waals surface area (Å²) in [4.78, 5) is 0. The van der Waals surface area contributed by atoms with Crippen molar-refractivity contribution in [3.8, 4) is 0 Å². The molecule has 6 aromatic rings. The molecule has 0 radical (unpaired) electrons. The highest BCUT2D eigenvalue weighted by atomic mass is 31.2. The van der Waals surface area contributed by atoms with E-state index in [1.165, 1.54) is 0 Å². The van der Waals surface area contributed by atoms with Gasteiger partial charge in [0.05, 0.1) is 46.2 Å². The van der Waals surface area contributed by atoms with Gasteiger partial charge in [0.2, 0.25) is 0 Å². The Labute approximate surface area is 352 Å². The van der Waals surface area contributed by atoms with E-state index in [2.05, 4.69) is 0 Å². The van der Waals surface area contributed by atoms with Crippen LogP contribution in [-0.2, 0) is 81.5 Å². The average molecular weight is 831 g/mol. The monoisotopic (exact) mass is 830 g/mol. The van der Waals surface area contributed by atoms with Gasteiger partial charge in [0.25, 0.3) is 0 Å². The van der Waals surface area contributed by atoms with E-state index in [0.717, 1.165) is 33.4 Å². The molecular formula is C49H51O10P. The number of rotatable bonds is 22. The summed E-state index contributed by atoms with van der Waals surface area (Å²) in [6.07, 6.45) is -6.28. The van der Waals surface area contributed by atoms with E-state index in [9.17, 15) is 5.11 Å². The van der Waals surface area contributed by atoms with E-state index in [0.29, 0.717) is 0 Å². The molecule has 0 unspecified atom stereocenters. The Balaban J connectivity index is 1.27. The summed E-state index contributed by atoms with van der Waals surface area (Å²) in [5.74, 6) is 0. The van der Waals surface area contributed by atoms with Crippen LogP contribution in [-0.4, -0.2) is 48.5 Å². The van der Waals surface area contributed by atoms with Crippen LogP contribution in [0.3, 0.4) is 0 Å². The van der Waals surface area contributed by atoms with Crippen LogP contribution in [0.25, 0.3) is 0 Å². The van der Waals surface area contributed by atoms with Gasteiger partial charge in [0.15, 0.2) is 6.29 Å². The molecule has 1 heterocycles. The van der Waals surface area contributed by atoms with Gasteiger partial charge in [-0.3, -0.25) is 13.6 Å². The number of aliphatic hydroxyl groups is 1. The van der Waals surface area contributed by atoms with Gasteiger partial charge in [-0.2, -0.15) is 0 Å². The van der Waals surface area contributed by atoms with Gasteiger partial charge in [-0.1, -0.05) is 182 Å². The predicted molar refractivity (Wildman–Crippen MR) is 227 cm³/mol. The minimum atomic E-state index is -4.47. The molecule has 0 aliphatic carbocycles. The van der Waals surface area contributed by atoms with E-state index in [1.807, 2.05) is 182 Å². The lowest BCUT2D eigenvalue weighted by Crippen LogP contribution is -2.64. The lowest BCUT2D eigenvalue weighted by atomic mass is 9.94. The van der Waals surface area contributed by atoms with Gasteiger partial charge < -0.3 is 28.8 Å². The molecular weight excluding hydrogens is 780 g/mol. The topological polar surface area (TPSA) is 111 Å². The van der Waals surface area contributed by atoms with Crippen LogP contribution in [0.4, 0.5) is 0 Å². The highest BCUT2D eigenvalue weighted by molar-refractivity contribution is 7.48. The second-order valence-corrected chi connectivity index (χ2v) is 16.0. The second-order valence-electron chi connectivity index (χ2n) is 14.3. The molecule has 1 aliphatic rings. The molecule has 6 aromatic carbocycles. The Morgan fingerprint density at radius 1 is 0.450 bits per heavy atom. The Bertz CT molecular complexity index is 2090. The van der Waals surface area contributed by atoms with Crippen molar-refractivity contribution >= 4 is 7.82 Å². The number of aliphatic hydroxyl groups excluding tert-OH is 1. The average Bonchev–Trinajstić information content (AvgIpc) is 3.31. The van der Waals surface area contributed by atoms with Crippen LogP contribution < -0.4 is 0 Å². The van der Waals surface area contributed by atoms with Crippen molar-refractivity contribution in [3.63, 3.8) is 0 Å². The third-order valence-corrected chi connectivity index (χ3v) is 11.3. The molecule has 1 saturated heterocycles. The molecule has 312 valence electrons. The first-order chi connectivity index (χ1) is 29.5. The first-order valence-corrected chi connectivity index (χ1v) is 21.5. The summed E-state index contributed by atoms with van der Waals surface area (Å²) < 4.78 is 67.3. The van der Waals surface area contributed by atoms with Gasteiger partial charge in [-0.15, -0.1) is 0 Å². The molecule has 0 bridgehead atoms. The van der Waals surface area contributed by atoms with Crippen molar-refractivity contribution in [2.75, 3.05) is 6.61 Å².